The molecule has 0 aromatic carbocycles. The summed E-state index contributed by atoms with van der Waals surface area (Å²) in [5, 5.41) is 10.3. The highest BCUT2D eigenvalue weighted by molar-refractivity contribution is 8.00. The van der Waals surface area contributed by atoms with E-state index in [-0.39, 0.29) is 5.25 Å². The molecule has 1 fully saturated rings. The van der Waals surface area contributed by atoms with Gasteiger partial charge in [-0.1, -0.05) is 13.3 Å². The Labute approximate surface area is 96.2 Å². The second-order valence-electron chi connectivity index (χ2n) is 3.99. The van der Waals surface area contributed by atoms with E-state index < -0.39 is 5.97 Å². The van der Waals surface area contributed by atoms with Crippen LogP contribution in [0.3, 0.4) is 0 Å². The molecule has 1 saturated heterocycles. The van der Waals surface area contributed by atoms with Gasteiger partial charge in [0.2, 0.25) is 0 Å². The van der Waals surface area contributed by atoms with Gasteiger partial charge in [0.15, 0.2) is 0 Å². The molecule has 0 amide bonds. The van der Waals surface area contributed by atoms with E-state index in [2.05, 4.69) is 4.90 Å². The lowest BCUT2D eigenvalue weighted by atomic mass is 10.1. The van der Waals surface area contributed by atoms with Crippen LogP contribution in [0.1, 0.15) is 32.6 Å². The summed E-state index contributed by atoms with van der Waals surface area (Å²) in [5.41, 5.74) is 0. The molecular weight excluding hydrogens is 210 g/mol. The fourth-order valence-electron chi connectivity index (χ4n) is 1.86. The normalized spacial score (nSPS) is 20.1. The van der Waals surface area contributed by atoms with Crippen molar-refractivity contribution in [3.63, 3.8) is 0 Å². The van der Waals surface area contributed by atoms with E-state index in [0.29, 0.717) is 6.42 Å². The van der Waals surface area contributed by atoms with Crippen LogP contribution in [0.5, 0.6) is 0 Å². The summed E-state index contributed by atoms with van der Waals surface area (Å²) in [6.07, 6.45) is 4.60. The van der Waals surface area contributed by atoms with Crippen molar-refractivity contribution in [3.8, 4) is 0 Å². The third-order valence-electron chi connectivity index (χ3n) is 2.81. The van der Waals surface area contributed by atoms with Gasteiger partial charge in [-0.3, -0.25) is 0 Å². The minimum atomic E-state index is -0.916. The third kappa shape index (κ3) is 4.89. The Morgan fingerprint density at radius 3 is 2.60 bits per heavy atom. The number of rotatable bonds is 6. The van der Waals surface area contributed by atoms with Crippen LogP contribution in [-0.2, 0) is 4.79 Å². The maximum absolute atomic E-state index is 10.7. The Balaban J connectivity index is 2.11. The summed E-state index contributed by atoms with van der Waals surface area (Å²) >= 11 is 1.52. The molecule has 0 radical (unpaired) electrons. The first kappa shape index (κ1) is 12.8. The lowest BCUT2D eigenvalue weighted by molar-refractivity contribution is -0.304. The van der Waals surface area contributed by atoms with E-state index in [4.69, 9.17) is 0 Å². The molecular formula is C11H20NO2S-. The number of hydrogen-bond donors (Lipinski definition) is 0. The summed E-state index contributed by atoms with van der Waals surface area (Å²) in [7, 11) is 0. The van der Waals surface area contributed by atoms with Crippen LogP contribution in [0.4, 0.5) is 0 Å². The summed E-state index contributed by atoms with van der Waals surface area (Å²) in [5.74, 6) is -0.00639. The quantitative estimate of drug-likeness (QED) is 0.675. The number of likely N-dealkylation sites (tertiary alicyclic amines) is 1. The van der Waals surface area contributed by atoms with Crippen LogP contribution in [0, 0.1) is 0 Å². The van der Waals surface area contributed by atoms with Gasteiger partial charge < -0.3 is 14.8 Å². The van der Waals surface area contributed by atoms with Gasteiger partial charge in [0, 0.05) is 17.5 Å². The van der Waals surface area contributed by atoms with Gasteiger partial charge in [-0.25, -0.2) is 0 Å². The van der Waals surface area contributed by atoms with Crippen molar-refractivity contribution in [1.29, 1.82) is 0 Å². The van der Waals surface area contributed by atoms with Crippen molar-refractivity contribution < 1.29 is 9.90 Å². The topological polar surface area (TPSA) is 43.4 Å². The zero-order valence-electron chi connectivity index (χ0n) is 9.41. The van der Waals surface area contributed by atoms with Gasteiger partial charge in [-0.15, -0.1) is 0 Å². The number of carboxylic acid groups (broad SMARTS) is 1. The van der Waals surface area contributed by atoms with Crippen LogP contribution in [0.25, 0.3) is 0 Å². The summed E-state index contributed by atoms with van der Waals surface area (Å²) in [6.45, 7) is 5.29. The maximum Gasteiger partial charge on any atom is 0.0544 e. The second-order valence-corrected chi connectivity index (χ2v) is 5.30. The van der Waals surface area contributed by atoms with Gasteiger partial charge in [0.1, 0.15) is 0 Å². The predicted octanol–water partition coefficient (Wildman–Crippen LogP) is 0.734. The standard InChI is InChI=1S/C11H21NO2S/c1-2-10(11(13)14)15-9-8-12-6-4-3-5-7-12/h10H,2-9H2,1H3,(H,13,14)/p-1. The molecule has 1 aliphatic rings. The highest BCUT2D eigenvalue weighted by Crippen LogP contribution is 2.15. The Morgan fingerprint density at radius 1 is 1.40 bits per heavy atom. The van der Waals surface area contributed by atoms with Gasteiger partial charge in [0.25, 0.3) is 0 Å². The highest BCUT2D eigenvalue weighted by atomic mass is 32.2. The molecule has 1 unspecified atom stereocenters. The van der Waals surface area contributed by atoms with Crippen molar-refractivity contribution in [3.05, 3.63) is 0 Å². The Kier molecular flexibility index (Phi) is 6.10. The Hall–Kier alpha value is -0.220. The molecule has 0 aromatic heterocycles. The zero-order chi connectivity index (χ0) is 11.1. The molecule has 1 heterocycles. The molecule has 0 saturated carbocycles. The van der Waals surface area contributed by atoms with E-state index in [1.807, 2.05) is 6.92 Å². The van der Waals surface area contributed by atoms with Crippen molar-refractivity contribution in [2.75, 3.05) is 25.4 Å². The summed E-state index contributed by atoms with van der Waals surface area (Å²) < 4.78 is 0. The van der Waals surface area contributed by atoms with Crippen LogP contribution in [0.2, 0.25) is 0 Å². The number of aliphatic carboxylic acids is 1. The molecule has 15 heavy (non-hydrogen) atoms. The van der Waals surface area contributed by atoms with Crippen molar-refractivity contribution in [2.45, 2.75) is 37.9 Å². The van der Waals surface area contributed by atoms with E-state index in [9.17, 15) is 9.90 Å². The van der Waals surface area contributed by atoms with Crippen molar-refractivity contribution in [2.24, 2.45) is 0 Å². The average Bonchev–Trinajstić information content (AvgIpc) is 2.25. The SMILES string of the molecule is CCC(SCCN1CCCCC1)C(=O)[O-]. The van der Waals surface area contributed by atoms with E-state index in [1.165, 1.54) is 44.1 Å². The fourth-order valence-corrected chi connectivity index (χ4v) is 2.88. The van der Waals surface area contributed by atoms with Gasteiger partial charge in [-0.2, -0.15) is 11.8 Å². The van der Waals surface area contributed by atoms with Crippen molar-refractivity contribution >= 4 is 17.7 Å². The van der Waals surface area contributed by atoms with Crippen LogP contribution >= 0.6 is 11.8 Å². The summed E-state index contributed by atoms with van der Waals surface area (Å²) in [4.78, 5) is 13.1. The smallest absolute Gasteiger partial charge is 0.0544 e. The Morgan fingerprint density at radius 2 is 2.07 bits per heavy atom. The van der Waals surface area contributed by atoms with Gasteiger partial charge in [0.05, 0.1) is 5.97 Å². The molecule has 4 heteroatoms. The molecule has 0 aliphatic carbocycles. The first-order valence-electron chi connectivity index (χ1n) is 5.79. The third-order valence-corrected chi connectivity index (χ3v) is 4.16. The molecule has 0 N–H and O–H groups in total. The fraction of sp³-hybridized carbons (Fsp3) is 0.909. The number of carbonyl (C=O) groups excluding carboxylic acids is 1. The minimum Gasteiger partial charge on any atom is -0.549 e. The molecule has 1 aliphatic heterocycles. The van der Waals surface area contributed by atoms with Gasteiger partial charge in [-0.05, 0) is 32.4 Å². The minimum absolute atomic E-state index is 0.324. The highest BCUT2D eigenvalue weighted by Gasteiger charge is 2.11. The van der Waals surface area contributed by atoms with Crippen molar-refractivity contribution in [1.82, 2.24) is 4.90 Å². The molecule has 0 spiro atoms. The number of carbonyl (C=O) groups is 1. The van der Waals surface area contributed by atoms with Gasteiger partial charge >= 0.3 is 0 Å². The zero-order valence-corrected chi connectivity index (χ0v) is 10.2. The van der Waals surface area contributed by atoms with E-state index in [0.717, 1.165) is 12.3 Å². The molecule has 0 bridgehead atoms. The van der Waals surface area contributed by atoms with Crippen LogP contribution in [-0.4, -0.2) is 41.5 Å². The molecule has 88 valence electrons. The lowest BCUT2D eigenvalue weighted by Crippen LogP contribution is -2.35. The molecule has 3 nitrogen and oxygen atoms in total. The lowest BCUT2D eigenvalue weighted by Gasteiger charge is -2.27. The van der Waals surface area contributed by atoms with E-state index >= 15 is 0 Å². The molecule has 1 atom stereocenters. The average molecular weight is 230 g/mol. The predicted molar refractivity (Wildman–Crippen MR) is 61.8 cm³/mol. The Bertz CT molecular complexity index is 193. The number of nitrogens with zero attached hydrogens (tertiary/aromatic N) is 1. The largest absolute Gasteiger partial charge is 0.549 e. The van der Waals surface area contributed by atoms with Crippen LogP contribution < -0.4 is 5.11 Å². The monoisotopic (exact) mass is 230 g/mol. The maximum atomic E-state index is 10.7. The first-order valence-corrected chi connectivity index (χ1v) is 6.83. The van der Waals surface area contributed by atoms with E-state index in [1.54, 1.807) is 0 Å². The molecule has 1 rings (SSSR count). The number of hydrogen-bond acceptors (Lipinski definition) is 4. The first-order chi connectivity index (χ1) is 7.24. The number of piperidine rings is 1. The summed E-state index contributed by atoms with van der Waals surface area (Å²) in [6, 6.07) is 0. The number of carboxylic acids is 1. The number of thioether (sulfide) groups is 1. The van der Waals surface area contributed by atoms with Crippen LogP contribution in [0.15, 0.2) is 0 Å². The molecule has 0 aromatic rings. The second kappa shape index (κ2) is 7.12.